The molecule has 1 aromatic rings. The highest BCUT2D eigenvalue weighted by molar-refractivity contribution is 5.53. The first-order valence-electron chi connectivity index (χ1n) is 7.42. The van der Waals surface area contributed by atoms with Gasteiger partial charge in [0.1, 0.15) is 0 Å². The molecule has 2 rings (SSSR count). The standard InChI is InChI=1S/C16H24F2N2/c1-12(2)14-5-3-4-6-15(14)19-13-7-9-20(10-8-13)11-16(17)18/h3-6,12-13,16,19H,7-11H2,1-2H3. The number of rotatable bonds is 5. The van der Waals surface area contributed by atoms with Crippen molar-refractivity contribution in [2.45, 2.75) is 45.1 Å². The van der Waals surface area contributed by atoms with Crippen LogP contribution in [0.2, 0.25) is 0 Å². The van der Waals surface area contributed by atoms with E-state index in [2.05, 4.69) is 37.4 Å². The van der Waals surface area contributed by atoms with Crippen LogP contribution in [0.3, 0.4) is 0 Å². The van der Waals surface area contributed by atoms with Crippen LogP contribution < -0.4 is 5.32 Å². The van der Waals surface area contributed by atoms with Crippen LogP contribution in [-0.4, -0.2) is 37.0 Å². The summed E-state index contributed by atoms with van der Waals surface area (Å²) in [7, 11) is 0. The maximum atomic E-state index is 12.3. The largest absolute Gasteiger partial charge is 0.382 e. The molecule has 1 N–H and O–H groups in total. The number of hydrogen-bond donors (Lipinski definition) is 1. The van der Waals surface area contributed by atoms with Gasteiger partial charge in [0.2, 0.25) is 0 Å². The molecule has 4 heteroatoms. The molecule has 0 aliphatic carbocycles. The van der Waals surface area contributed by atoms with Crippen LogP contribution in [0.5, 0.6) is 0 Å². The van der Waals surface area contributed by atoms with Crippen LogP contribution in [0.15, 0.2) is 24.3 Å². The van der Waals surface area contributed by atoms with E-state index in [1.165, 1.54) is 11.3 Å². The fraction of sp³-hybridized carbons (Fsp3) is 0.625. The number of alkyl halides is 2. The van der Waals surface area contributed by atoms with Crippen molar-refractivity contribution in [1.29, 1.82) is 0 Å². The lowest BCUT2D eigenvalue weighted by molar-refractivity contribution is 0.0769. The van der Waals surface area contributed by atoms with Crippen molar-refractivity contribution in [2.24, 2.45) is 0 Å². The molecule has 1 saturated heterocycles. The topological polar surface area (TPSA) is 15.3 Å². The minimum atomic E-state index is -2.22. The molecule has 1 aromatic carbocycles. The van der Waals surface area contributed by atoms with E-state index in [9.17, 15) is 8.78 Å². The van der Waals surface area contributed by atoms with E-state index in [0.717, 1.165) is 25.9 Å². The number of anilines is 1. The number of hydrogen-bond acceptors (Lipinski definition) is 2. The Bertz CT molecular complexity index is 413. The van der Waals surface area contributed by atoms with Gasteiger partial charge in [-0.3, -0.25) is 4.90 Å². The first-order chi connectivity index (χ1) is 9.56. The Kier molecular flexibility index (Phi) is 5.35. The quantitative estimate of drug-likeness (QED) is 0.879. The normalized spacial score (nSPS) is 17.9. The summed E-state index contributed by atoms with van der Waals surface area (Å²) < 4.78 is 24.7. The Labute approximate surface area is 120 Å². The average molecular weight is 282 g/mol. The van der Waals surface area contributed by atoms with Crippen molar-refractivity contribution in [3.05, 3.63) is 29.8 Å². The van der Waals surface area contributed by atoms with E-state index >= 15 is 0 Å². The second-order valence-corrected chi connectivity index (χ2v) is 5.85. The van der Waals surface area contributed by atoms with E-state index in [0.29, 0.717) is 12.0 Å². The van der Waals surface area contributed by atoms with Gasteiger partial charge in [0.25, 0.3) is 6.43 Å². The lowest BCUT2D eigenvalue weighted by Gasteiger charge is -2.33. The van der Waals surface area contributed by atoms with Crippen molar-refractivity contribution in [3.8, 4) is 0 Å². The molecular formula is C16H24F2N2. The Balaban J connectivity index is 1.90. The third-order valence-corrected chi connectivity index (χ3v) is 3.93. The molecule has 0 unspecified atom stereocenters. The third kappa shape index (κ3) is 4.17. The van der Waals surface area contributed by atoms with Gasteiger partial charge in [-0.2, -0.15) is 0 Å². The first kappa shape index (κ1) is 15.2. The fourth-order valence-electron chi connectivity index (χ4n) is 2.81. The zero-order valence-corrected chi connectivity index (χ0v) is 12.3. The molecule has 1 fully saturated rings. The van der Waals surface area contributed by atoms with Crippen molar-refractivity contribution >= 4 is 5.69 Å². The molecule has 20 heavy (non-hydrogen) atoms. The number of halogens is 2. The summed E-state index contributed by atoms with van der Waals surface area (Å²) in [6.45, 7) is 5.80. The summed E-state index contributed by atoms with van der Waals surface area (Å²) in [5, 5.41) is 3.59. The van der Waals surface area contributed by atoms with Crippen LogP contribution >= 0.6 is 0 Å². The molecule has 0 saturated carbocycles. The van der Waals surface area contributed by atoms with Crippen molar-refractivity contribution in [3.63, 3.8) is 0 Å². The van der Waals surface area contributed by atoms with Crippen molar-refractivity contribution < 1.29 is 8.78 Å². The first-order valence-corrected chi connectivity index (χ1v) is 7.42. The van der Waals surface area contributed by atoms with Gasteiger partial charge in [0.05, 0.1) is 6.54 Å². The Morgan fingerprint density at radius 2 is 1.85 bits per heavy atom. The lowest BCUT2D eigenvalue weighted by atomic mass is 9.99. The molecule has 0 spiro atoms. The van der Waals surface area contributed by atoms with E-state index in [1.54, 1.807) is 0 Å². The average Bonchev–Trinajstić information content (AvgIpc) is 2.41. The molecule has 1 heterocycles. The van der Waals surface area contributed by atoms with Crippen LogP contribution in [0.4, 0.5) is 14.5 Å². The van der Waals surface area contributed by atoms with Gasteiger partial charge >= 0.3 is 0 Å². The highest BCUT2D eigenvalue weighted by Gasteiger charge is 2.21. The molecule has 0 amide bonds. The van der Waals surface area contributed by atoms with Gasteiger partial charge in [-0.15, -0.1) is 0 Å². The molecule has 0 aromatic heterocycles. The Morgan fingerprint density at radius 3 is 2.45 bits per heavy atom. The number of likely N-dealkylation sites (tertiary alicyclic amines) is 1. The van der Waals surface area contributed by atoms with E-state index < -0.39 is 6.43 Å². The van der Waals surface area contributed by atoms with Gasteiger partial charge in [-0.1, -0.05) is 32.0 Å². The van der Waals surface area contributed by atoms with Crippen LogP contribution in [0.25, 0.3) is 0 Å². The minimum Gasteiger partial charge on any atom is -0.382 e. The summed E-state index contributed by atoms with van der Waals surface area (Å²) in [6, 6.07) is 8.76. The second-order valence-electron chi connectivity index (χ2n) is 5.85. The third-order valence-electron chi connectivity index (χ3n) is 3.93. The van der Waals surface area contributed by atoms with Crippen molar-refractivity contribution in [2.75, 3.05) is 25.0 Å². The predicted molar refractivity (Wildman–Crippen MR) is 79.6 cm³/mol. The summed E-state index contributed by atoms with van der Waals surface area (Å²) in [5.41, 5.74) is 2.51. The smallest absolute Gasteiger partial charge is 0.251 e. The molecule has 1 aliphatic rings. The Morgan fingerprint density at radius 1 is 1.20 bits per heavy atom. The zero-order chi connectivity index (χ0) is 14.5. The number of para-hydroxylation sites is 1. The van der Waals surface area contributed by atoms with E-state index in [4.69, 9.17) is 0 Å². The molecule has 1 aliphatic heterocycles. The SMILES string of the molecule is CC(C)c1ccccc1NC1CCN(CC(F)F)CC1. The summed E-state index contributed by atoms with van der Waals surface area (Å²) in [6.07, 6.45) is -0.362. The van der Waals surface area contributed by atoms with Gasteiger partial charge in [-0.05, 0) is 30.4 Å². The van der Waals surface area contributed by atoms with E-state index in [-0.39, 0.29) is 6.54 Å². The molecule has 0 atom stereocenters. The van der Waals surface area contributed by atoms with E-state index in [1.807, 2.05) is 11.0 Å². The second kappa shape index (κ2) is 7.02. The van der Waals surface area contributed by atoms with Crippen molar-refractivity contribution in [1.82, 2.24) is 4.90 Å². The molecular weight excluding hydrogens is 258 g/mol. The number of nitrogens with one attached hydrogen (secondary N) is 1. The highest BCUT2D eigenvalue weighted by atomic mass is 19.3. The van der Waals surface area contributed by atoms with Gasteiger partial charge in [0.15, 0.2) is 0 Å². The molecule has 2 nitrogen and oxygen atoms in total. The number of piperidine rings is 1. The molecule has 0 radical (unpaired) electrons. The maximum Gasteiger partial charge on any atom is 0.251 e. The minimum absolute atomic E-state index is 0.0880. The van der Waals surface area contributed by atoms with Crippen LogP contribution in [0.1, 0.15) is 38.2 Å². The fourth-order valence-corrected chi connectivity index (χ4v) is 2.81. The Hall–Kier alpha value is -1.16. The highest BCUT2D eigenvalue weighted by Crippen LogP contribution is 2.26. The lowest BCUT2D eigenvalue weighted by Crippen LogP contribution is -2.41. The summed E-state index contributed by atoms with van der Waals surface area (Å²) in [4.78, 5) is 1.86. The van der Waals surface area contributed by atoms with Gasteiger partial charge < -0.3 is 5.32 Å². The number of benzene rings is 1. The van der Waals surface area contributed by atoms with Crippen LogP contribution in [0, 0.1) is 0 Å². The number of nitrogens with zero attached hydrogens (tertiary/aromatic N) is 1. The maximum absolute atomic E-state index is 12.3. The van der Waals surface area contributed by atoms with Gasteiger partial charge in [-0.25, -0.2) is 8.78 Å². The molecule has 0 bridgehead atoms. The predicted octanol–water partition coefficient (Wildman–Crippen LogP) is 3.95. The summed E-state index contributed by atoms with van der Waals surface area (Å²) >= 11 is 0. The monoisotopic (exact) mass is 282 g/mol. The van der Waals surface area contributed by atoms with Gasteiger partial charge in [0, 0.05) is 24.8 Å². The molecule has 112 valence electrons. The van der Waals surface area contributed by atoms with Crippen LogP contribution in [-0.2, 0) is 0 Å². The summed E-state index contributed by atoms with van der Waals surface area (Å²) in [5.74, 6) is 0.484. The zero-order valence-electron chi connectivity index (χ0n) is 12.3.